The molecule has 1 aromatic carbocycles. The third kappa shape index (κ3) is 4.85. The van der Waals surface area contributed by atoms with E-state index in [2.05, 4.69) is 21.2 Å². The van der Waals surface area contributed by atoms with Crippen molar-refractivity contribution in [2.75, 3.05) is 17.3 Å². The maximum atomic E-state index is 11.9. The molecule has 104 valence electrons. The second-order valence-electron chi connectivity index (χ2n) is 3.87. The first-order valence-corrected chi connectivity index (χ1v) is 7.72. The van der Waals surface area contributed by atoms with E-state index in [9.17, 15) is 9.59 Å². The van der Waals surface area contributed by atoms with Crippen LogP contribution in [0.4, 0.5) is 5.69 Å². The van der Waals surface area contributed by atoms with Gasteiger partial charge in [-0.3, -0.25) is 4.79 Å². The molecule has 1 rings (SSSR count). The highest BCUT2D eigenvalue weighted by molar-refractivity contribution is 9.10. The van der Waals surface area contributed by atoms with Crippen molar-refractivity contribution >= 4 is 45.3 Å². The van der Waals surface area contributed by atoms with Crippen LogP contribution in [0, 0.1) is 0 Å². The lowest BCUT2D eigenvalue weighted by Crippen LogP contribution is -2.36. The number of carboxylic acid groups (broad SMARTS) is 1. The third-order valence-corrected chi connectivity index (χ3v) is 3.58. The van der Waals surface area contributed by atoms with Crippen LogP contribution in [0.15, 0.2) is 22.7 Å². The number of carbonyl (C=O) groups excluding carboxylic acids is 1. The van der Waals surface area contributed by atoms with Gasteiger partial charge in [0.1, 0.15) is 0 Å². The molecule has 0 aliphatic heterocycles. The van der Waals surface area contributed by atoms with Gasteiger partial charge in [0.15, 0.2) is 0 Å². The molecular weight excluding hydrogens is 332 g/mol. The van der Waals surface area contributed by atoms with E-state index in [-0.39, 0.29) is 17.2 Å². The molecule has 0 aromatic heterocycles. The van der Waals surface area contributed by atoms with Crippen LogP contribution in [0.25, 0.3) is 0 Å². The van der Waals surface area contributed by atoms with Crippen LogP contribution < -0.4 is 11.1 Å². The third-order valence-electron chi connectivity index (χ3n) is 2.44. The second-order valence-corrected chi connectivity index (χ2v) is 5.77. The number of amides is 1. The molecule has 5 nitrogen and oxygen atoms in total. The molecule has 0 saturated heterocycles. The van der Waals surface area contributed by atoms with E-state index in [4.69, 9.17) is 10.8 Å². The molecule has 4 N–H and O–H groups in total. The van der Waals surface area contributed by atoms with Crippen molar-refractivity contribution in [2.24, 2.45) is 5.73 Å². The molecule has 1 amide bonds. The minimum atomic E-state index is -1.10. The minimum Gasteiger partial charge on any atom is -0.478 e. The maximum absolute atomic E-state index is 11.9. The van der Waals surface area contributed by atoms with Crippen molar-refractivity contribution in [2.45, 2.75) is 12.5 Å². The molecular formula is C12H15BrN2O3S. The summed E-state index contributed by atoms with van der Waals surface area (Å²) < 4.78 is 0.686. The molecule has 0 aliphatic rings. The lowest BCUT2D eigenvalue weighted by Gasteiger charge is -2.13. The van der Waals surface area contributed by atoms with Crippen molar-refractivity contribution in [1.29, 1.82) is 0 Å². The molecule has 0 saturated carbocycles. The summed E-state index contributed by atoms with van der Waals surface area (Å²) in [6.07, 6.45) is 2.48. The largest absolute Gasteiger partial charge is 0.478 e. The number of carboxylic acids is 1. The molecule has 0 aliphatic carbocycles. The van der Waals surface area contributed by atoms with Crippen molar-refractivity contribution in [3.63, 3.8) is 0 Å². The van der Waals surface area contributed by atoms with E-state index in [1.807, 2.05) is 6.26 Å². The number of benzene rings is 1. The van der Waals surface area contributed by atoms with Crippen LogP contribution in [-0.2, 0) is 4.79 Å². The van der Waals surface area contributed by atoms with Crippen molar-refractivity contribution < 1.29 is 14.7 Å². The van der Waals surface area contributed by atoms with Gasteiger partial charge < -0.3 is 16.2 Å². The van der Waals surface area contributed by atoms with Crippen LogP contribution in [0.2, 0.25) is 0 Å². The predicted octanol–water partition coefficient (Wildman–Crippen LogP) is 2.17. The van der Waals surface area contributed by atoms with Crippen LogP contribution in [0.3, 0.4) is 0 Å². The standard InChI is InChI=1S/C12H15BrN2O3S/c1-19-5-4-9(14)11(16)15-10-6-7(13)2-3-8(10)12(17)18/h2-3,6,9H,4-5,14H2,1H3,(H,15,16)(H,17,18)/t9-/m1/s1. The first kappa shape index (κ1) is 16.0. The topological polar surface area (TPSA) is 92.4 Å². The molecule has 7 heteroatoms. The van der Waals surface area contributed by atoms with Crippen LogP contribution in [-0.4, -0.2) is 35.0 Å². The number of nitrogens with two attached hydrogens (primary N) is 1. The minimum absolute atomic E-state index is 0.0358. The Morgan fingerprint density at radius 2 is 2.21 bits per heavy atom. The Kier molecular flexibility index (Phi) is 6.33. The number of hydrogen-bond donors (Lipinski definition) is 3. The van der Waals surface area contributed by atoms with Crippen molar-refractivity contribution in [3.05, 3.63) is 28.2 Å². The van der Waals surface area contributed by atoms with Gasteiger partial charge in [-0.25, -0.2) is 4.79 Å². The highest BCUT2D eigenvalue weighted by Crippen LogP contribution is 2.21. The average molecular weight is 347 g/mol. The zero-order chi connectivity index (χ0) is 14.4. The molecule has 0 fully saturated rings. The maximum Gasteiger partial charge on any atom is 0.337 e. The quantitative estimate of drug-likeness (QED) is 0.733. The van der Waals surface area contributed by atoms with Crippen LogP contribution in [0.1, 0.15) is 16.8 Å². The molecule has 0 heterocycles. The van der Waals surface area contributed by atoms with E-state index in [1.54, 1.807) is 23.9 Å². The summed E-state index contributed by atoms with van der Waals surface area (Å²) in [5, 5.41) is 11.6. The summed E-state index contributed by atoms with van der Waals surface area (Å²) >= 11 is 4.84. The Labute approximate surface area is 124 Å². The molecule has 0 bridgehead atoms. The molecule has 0 radical (unpaired) electrons. The SMILES string of the molecule is CSCC[C@@H](N)C(=O)Nc1cc(Br)ccc1C(=O)O. The summed E-state index contributed by atoms with van der Waals surface area (Å²) in [6.45, 7) is 0. The number of halogens is 1. The van der Waals surface area contributed by atoms with E-state index in [0.29, 0.717) is 10.9 Å². The zero-order valence-electron chi connectivity index (χ0n) is 10.4. The summed E-state index contributed by atoms with van der Waals surface area (Å²) in [5.41, 5.74) is 6.01. The first-order valence-electron chi connectivity index (χ1n) is 5.54. The van der Waals surface area contributed by atoms with Crippen molar-refractivity contribution in [1.82, 2.24) is 0 Å². The Hall–Kier alpha value is -1.05. The first-order chi connectivity index (χ1) is 8.95. The van der Waals surface area contributed by atoms with Gasteiger partial charge in [-0.05, 0) is 36.6 Å². The number of rotatable bonds is 6. The fourth-order valence-electron chi connectivity index (χ4n) is 1.41. The molecule has 0 spiro atoms. The fourth-order valence-corrected chi connectivity index (χ4v) is 2.26. The van der Waals surface area contributed by atoms with Crippen molar-refractivity contribution in [3.8, 4) is 0 Å². The normalized spacial score (nSPS) is 11.9. The van der Waals surface area contributed by atoms with E-state index >= 15 is 0 Å². The van der Waals surface area contributed by atoms with Gasteiger partial charge in [0.05, 0.1) is 17.3 Å². The van der Waals surface area contributed by atoms with Gasteiger partial charge in [-0.1, -0.05) is 15.9 Å². The molecule has 1 aromatic rings. The van der Waals surface area contributed by atoms with Gasteiger partial charge >= 0.3 is 5.97 Å². The van der Waals surface area contributed by atoms with E-state index < -0.39 is 12.0 Å². The zero-order valence-corrected chi connectivity index (χ0v) is 12.8. The molecule has 19 heavy (non-hydrogen) atoms. The van der Waals surface area contributed by atoms with Gasteiger partial charge in [0.25, 0.3) is 0 Å². The molecule has 0 unspecified atom stereocenters. The fraction of sp³-hybridized carbons (Fsp3) is 0.333. The predicted molar refractivity (Wildman–Crippen MR) is 80.7 cm³/mol. The Balaban J connectivity index is 2.83. The van der Waals surface area contributed by atoms with Gasteiger partial charge in [0.2, 0.25) is 5.91 Å². The summed E-state index contributed by atoms with van der Waals surface area (Å²) in [5.74, 6) is -0.700. The number of nitrogens with one attached hydrogen (secondary N) is 1. The summed E-state index contributed by atoms with van der Waals surface area (Å²) in [6, 6.07) is 3.93. The van der Waals surface area contributed by atoms with E-state index in [0.717, 1.165) is 5.75 Å². The van der Waals surface area contributed by atoms with Crippen LogP contribution >= 0.6 is 27.7 Å². The monoisotopic (exact) mass is 346 g/mol. The second kappa shape index (κ2) is 7.52. The number of carbonyl (C=O) groups is 2. The number of aromatic carboxylic acids is 1. The number of thioether (sulfide) groups is 1. The van der Waals surface area contributed by atoms with Gasteiger partial charge in [0, 0.05) is 4.47 Å². The Morgan fingerprint density at radius 3 is 2.79 bits per heavy atom. The van der Waals surface area contributed by atoms with Gasteiger partial charge in [-0.15, -0.1) is 0 Å². The Bertz CT molecular complexity index is 482. The van der Waals surface area contributed by atoms with E-state index in [1.165, 1.54) is 6.07 Å². The lowest BCUT2D eigenvalue weighted by atomic mass is 10.1. The summed E-state index contributed by atoms with van der Waals surface area (Å²) in [7, 11) is 0. The van der Waals surface area contributed by atoms with Gasteiger partial charge in [-0.2, -0.15) is 11.8 Å². The summed E-state index contributed by atoms with van der Waals surface area (Å²) in [4.78, 5) is 22.9. The highest BCUT2D eigenvalue weighted by Gasteiger charge is 2.17. The number of hydrogen-bond acceptors (Lipinski definition) is 4. The lowest BCUT2D eigenvalue weighted by molar-refractivity contribution is -0.117. The average Bonchev–Trinajstić information content (AvgIpc) is 2.35. The Morgan fingerprint density at radius 1 is 1.53 bits per heavy atom. The highest BCUT2D eigenvalue weighted by atomic mass is 79.9. The number of anilines is 1. The smallest absolute Gasteiger partial charge is 0.337 e. The molecule has 1 atom stereocenters. The van der Waals surface area contributed by atoms with Crippen LogP contribution in [0.5, 0.6) is 0 Å².